The van der Waals surface area contributed by atoms with Gasteiger partial charge in [-0.3, -0.25) is 10.1 Å². The predicted molar refractivity (Wildman–Crippen MR) is 85.3 cm³/mol. The van der Waals surface area contributed by atoms with Gasteiger partial charge < -0.3 is 9.15 Å². The summed E-state index contributed by atoms with van der Waals surface area (Å²) < 4.78 is 10.7. The SMILES string of the molecule is CC(C)c1cc(=O)oc2cc(Oc3ncc([N+](=O)[O-])cn3)ccc12. The van der Waals surface area contributed by atoms with Crippen LogP contribution in [-0.2, 0) is 0 Å². The van der Waals surface area contributed by atoms with E-state index in [0.717, 1.165) is 23.3 Å². The zero-order chi connectivity index (χ0) is 17.3. The fourth-order valence-corrected chi connectivity index (χ4v) is 2.27. The number of nitrogens with zero attached hydrogens (tertiary/aromatic N) is 3. The molecule has 0 bridgehead atoms. The van der Waals surface area contributed by atoms with Crippen LogP contribution in [0.2, 0.25) is 0 Å². The van der Waals surface area contributed by atoms with Crippen LogP contribution in [0, 0.1) is 10.1 Å². The largest absolute Gasteiger partial charge is 0.424 e. The van der Waals surface area contributed by atoms with Gasteiger partial charge in [0.25, 0.3) is 0 Å². The summed E-state index contributed by atoms with van der Waals surface area (Å²) in [5.74, 6) is 0.529. The molecule has 0 unspecified atom stereocenters. The highest BCUT2D eigenvalue weighted by Gasteiger charge is 2.12. The van der Waals surface area contributed by atoms with E-state index in [2.05, 4.69) is 9.97 Å². The van der Waals surface area contributed by atoms with E-state index in [4.69, 9.17) is 9.15 Å². The minimum absolute atomic E-state index is 0.0395. The average molecular weight is 327 g/mol. The summed E-state index contributed by atoms with van der Waals surface area (Å²) in [5, 5.41) is 11.4. The summed E-state index contributed by atoms with van der Waals surface area (Å²) in [6.45, 7) is 3.98. The Morgan fingerprint density at radius 3 is 2.54 bits per heavy atom. The van der Waals surface area contributed by atoms with Crippen molar-refractivity contribution < 1.29 is 14.1 Å². The third kappa shape index (κ3) is 3.07. The average Bonchev–Trinajstić information content (AvgIpc) is 2.54. The van der Waals surface area contributed by atoms with Crippen LogP contribution in [0.4, 0.5) is 5.69 Å². The van der Waals surface area contributed by atoms with Gasteiger partial charge >= 0.3 is 17.3 Å². The molecule has 0 aliphatic carbocycles. The van der Waals surface area contributed by atoms with E-state index in [1.165, 1.54) is 6.07 Å². The summed E-state index contributed by atoms with van der Waals surface area (Å²) in [6.07, 6.45) is 2.11. The third-order valence-electron chi connectivity index (χ3n) is 3.40. The molecule has 0 saturated heterocycles. The molecule has 1 aromatic carbocycles. The van der Waals surface area contributed by atoms with Crippen molar-refractivity contribution in [3.63, 3.8) is 0 Å². The second-order valence-corrected chi connectivity index (χ2v) is 5.42. The van der Waals surface area contributed by atoms with Crippen LogP contribution in [0.3, 0.4) is 0 Å². The van der Waals surface area contributed by atoms with Gasteiger partial charge in [0.05, 0.1) is 4.92 Å². The lowest BCUT2D eigenvalue weighted by atomic mass is 10.00. The van der Waals surface area contributed by atoms with Gasteiger partial charge in [-0.2, -0.15) is 9.97 Å². The van der Waals surface area contributed by atoms with Gasteiger partial charge in [-0.25, -0.2) is 4.79 Å². The first-order valence-electron chi connectivity index (χ1n) is 7.16. The van der Waals surface area contributed by atoms with Crippen LogP contribution in [0.5, 0.6) is 11.8 Å². The van der Waals surface area contributed by atoms with Gasteiger partial charge in [0.1, 0.15) is 23.7 Å². The van der Waals surface area contributed by atoms with Crippen LogP contribution in [0.25, 0.3) is 11.0 Å². The van der Waals surface area contributed by atoms with Gasteiger partial charge in [0.2, 0.25) is 0 Å². The molecule has 3 aromatic rings. The first-order chi connectivity index (χ1) is 11.4. The highest BCUT2D eigenvalue weighted by molar-refractivity contribution is 5.82. The maximum atomic E-state index is 11.7. The number of nitro groups is 1. The first-order valence-corrected chi connectivity index (χ1v) is 7.16. The number of hydrogen-bond acceptors (Lipinski definition) is 7. The van der Waals surface area contributed by atoms with Crippen LogP contribution in [0.15, 0.2) is 45.9 Å². The Balaban J connectivity index is 1.96. The maximum Gasteiger partial charge on any atom is 0.336 e. The van der Waals surface area contributed by atoms with Crippen LogP contribution in [-0.4, -0.2) is 14.9 Å². The van der Waals surface area contributed by atoms with Crippen LogP contribution in [0.1, 0.15) is 25.3 Å². The Kier molecular flexibility index (Phi) is 3.95. The summed E-state index contributed by atoms with van der Waals surface area (Å²) in [4.78, 5) is 29.2. The van der Waals surface area contributed by atoms with Crippen molar-refractivity contribution in [1.82, 2.24) is 9.97 Å². The van der Waals surface area contributed by atoms with Crippen molar-refractivity contribution in [1.29, 1.82) is 0 Å². The van der Waals surface area contributed by atoms with Gasteiger partial charge in [-0.1, -0.05) is 13.8 Å². The Morgan fingerprint density at radius 2 is 1.92 bits per heavy atom. The standard InChI is InChI=1S/C16H13N3O5/c1-9(2)13-6-15(20)24-14-5-11(3-4-12(13)14)23-16-17-7-10(8-18-16)19(21)22/h3-9H,1-2H3. The van der Waals surface area contributed by atoms with E-state index in [-0.39, 0.29) is 17.6 Å². The molecule has 2 aromatic heterocycles. The normalized spacial score (nSPS) is 11.0. The predicted octanol–water partition coefficient (Wildman–Crippen LogP) is 3.41. The molecule has 0 aliphatic heterocycles. The zero-order valence-corrected chi connectivity index (χ0v) is 12.9. The fourth-order valence-electron chi connectivity index (χ4n) is 2.27. The second-order valence-electron chi connectivity index (χ2n) is 5.42. The maximum absolute atomic E-state index is 11.7. The van der Waals surface area contributed by atoms with Crippen molar-refractivity contribution in [3.8, 4) is 11.8 Å². The Hall–Kier alpha value is -3.29. The molecule has 0 radical (unpaired) electrons. The highest BCUT2D eigenvalue weighted by Crippen LogP contribution is 2.28. The molecule has 122 valence electrons. The molecule has 0 saturated carbocycles. The van der Waals surface area contributed by atoms with E-state index >= 15 is 0 Å². The van der Waals surface area contributed by atoms with Crippen molar-refractivity contribution in [2.24, 2.45) is 0 Å². The highest BCUT2D eigenvalue weighted by atomic mass is 16.6. The van der Waals surface area contributed by atoms with E-state index in [0.29, 0.717) is 11.3 Å². The summed E-state index contributed by atoms with van der Waals surface area (Å²) >= 11 is 0. The van der Waals surface area contributed by atoms with E-state index in [1.54, 1.807) is 18.2 Å². The number of aromatic nitrogens is 2. The molecule has 2 heterocycles. The van der Waals surface area contributed by atoms with Gasteiger partial charge in [0, 0.05) is 17.5 Å². The smallest absolute Gasteiger partial charge is 0.336 e. The van der Waals surface area contributed by atoms with E-state index in [9.17, 15) is 14.9 Å². The van der Waals surface area contributed by atoms with Crippen molar-refractivity contribution >= 4 is 16.7 Å². The van der Waals surface area contributed by atoms with Crippen molar-refractivity contribution in [2.75, 3.05) is 0 Å². The molecule has 0 atom stereocenters. The van der Waals surface area contributed by atoms with Gasteiger partial charge in [-0.05, 0) is 23.6 Å². The first kappa shape index (κ1) is 15.6. The molecule has 3 rings (SSSR count). The molecular formula is C16H13N3O5. The van der Waals surface area contributed by atoms with E-state index < -0.39 is 10.5 Å². The Bertz CT molecular complexity index is 964. The zero-order valence-electron chi connectivity index (χ0n) is 12.9. The van der Waals surface area contributed by atoms with Crippen LogP contribution < -0.4 is 10.4 Å². The summed E-state index contributed by atoms with van der Waals surface area (Å²) in [5.41, 5.74) is 0.619. The second kappa shape index (κ2) is 6.07. The Morgan fingerprint density at radius 1 is 1.21 bits per heavy atom. The van der Waals surface area contributed by atoms with E-state index in [1.807, 2.05) is 13.8 Å². The number of benzene rings is 1. The molecule has 8 heteroatoms. The number of rotatable bonds is 4. The van der Waals surface area contributed by atoms with Crippen LogP contribution >= 0.6 is 0 Å². The minimum atomic E-state index is -0.595. The van der Waals surface area contributed by atoms with Crippen molar-refractivity contribution in [3.05, 3.63) is 62.8 Å². The number of ether oxygens (including phenoxy) is 1. The molecule has 8 nitrogen and oxygen atoms in total. The van der Waals surface area contributed by atoms with Gasteiger partial charge in [-0.15, -0.1) is 0 Å². The molecular weight excluding hydrogens is 314 g/mol. The monoisotopic (exact) mass is 327 g/mol. The molecule has 24 heavy (non-hydrogen) atoms. The molecule has 0 spiro atoms. The molecule has 0 amide bonds. The topological polar surface area (TPSA) is 108 Å². The lowest BCUT2D eigenvalue weighted by molar-refractivity contribution is -0.385. The van der Waals surface area contributed by atoms with Crippen molar-refractivity contribution in [2.45, 2.75) is 19.8 Å². The van der Waals surface area contributed by atoms with Gasteiger partial charge in [0.15, 0.2) is 0 Å². The fraction of sp³-hybridized carbons (Fsp3) is 0.188. The lowest BCUT2D eigenvalue weighted by Gasteiger charge is -2.09. The lowest BCUT2D eigenvalue weighted by Crippen LogP contribution is -2.02. The molecule has 0 aliphatic rings. The molecule has 0 N–H and O–H groups in total. The third-order valence-corrected chi connectivity index (χ3v) is 3.40. The Labute approximate surface area is 135 Å². The number of hydrogen-bond donors (Lipinski definition) is 0. The summed E-state index contributed by atoms with van der Waals surface area (Å²) in [7, 11) is 0. The minimum Gasteiger partial charge on any atom is -0.424 e. The molecule has 0 fully saturated rings. The summed E-state index contributed by atoms with van der Waals surface area (Å²) in [6, 6.07) is 6.48. The number of fused-ring (bicyclic) bond motifs is 1. The quantitative estimate of drug-likeness (QED) is 0.410.